The quantitative estimate of drug-likeness (QED) is 0.219. The maximum absolute atomic E-state index is 13.1. The minimum Gasteiger partial charge on any atom is -0.508 e. The summed E-state index contributed by atoms with van der Waals surface area (Å²) in [4.78, 5) is 49.1. The zero-order valence-electron chi connectivity index (χ0n) is 19.2. The number of hydrogen-bond donors (Lipinski definition) is 6. The van der Waals surface area contributed by atoms with E-state index in [0.29, 0.717) is 24.2 Å². The molecule has 33 heavy (non-hydrogen) atoms. The van der Waals surface area contributed by atoms with Gasteiger partial charge in [-0.15, -0.1) is 0 Å². The van der Waals surface area contributed by atoms with Crippen molar-refractivity contribution in [1.29, 1.82) is 0 Å². The first kappa shape index (κ1) is 28.2. The van der Waals surface area contributed by atoms with E-state index < -0.39 is 48.4 Å². The number of carbonyl (C=O) groups excluding carboxylic acids is 3. The Balaban J connectivity index is 3.01. The van der Waals surface area contributed by atoms with Gasteiger partial charge in [0.2, 0.25) is 17.7 Å². The Morgan fingerprint density at radius 3 is 2.24 bits per heavy atom. The van der Waals surface area contributed by atoms with Gasteiger partial charge in [-0.05, 0) is 42.0 Å². The largest absolute Gasteiger partial charge is 0.508 e. The van der Waals surface area contributed by atoms with Crippen molar-refractivity contribution < 1.29 is 29.4 Å². The third kappa shape index (κ3) is 10.1. The van der Waals surface area contributed by atoms with Crippen molar-refractivity contribution in [1.82, 2.24) is 16.0 Å². The number of thioether (sulfide) groups is 1. The van der Waals surface area contributed by atoms with E-state index >= 15 is 0 Å². The molecule has 1 rings (SSSR count). The number of hydrogen-bond acceptors (Lipinski definition) is 7. The molecule has 0 aliphatic rings. The fourth-order valence-corrected chi connectivity index (χ4v) is 3.45. The van der Waals surface area contributed by atoms with Crippen molar-refractivity contribution in [3.63, 3.8) is 0 Å². The van der Waals surface area contributed by atoms with E-state index in [1.807, 2.05) is 13.2 Å². The normalized spacial score (nSPS) is 14.4. The molecule has 0 radical (unpaired) electrons. The molecule has 0 saturated carbocycles. The first-order valence-electron chi connectivity index (χ1n) is 10.7. The number of nitrogens with two attached hydrogens (primary N) is 1. The molecule has 7 N–H and O–H groups in total. The molecule has 1 aromatic rings. The third-order valence-corrected chi connectivity index (χ3v) is 5.83. The second-order valence-electron chi connectivity index (χ2n) is 7.80. The highest BCUT2D eigenvalue weighted by molar-refractivity contribution is 7.98. The van der Waals surface area contributed by atoms with Gasteiger partial charge in [-0.25, -0.2) is 0 Å². The van der Waals surface area contributed by atoms with Crippen molar-refractivity contribution in [3.8, 4) is 5.75 Å². The fraction of sp³-hybridized carbons (Fsp3) is 0.545. The molecular formula is C22H34N4O6S. The lowest BCUT2D eigenvalue weighted by Gasteiger charge is -2.27. The van der Waals surface area contributed by atoms with Gasteiger partial charge in [-0.2, -0.15) is 11.8 Å². The van der Waals surface area contributed by atoms with Gasteiger partial charge in [0.15, 0.2) is 0 Å². The monoisotopic (exact) mass is 482 g/mol. The van der Waals surface area contributed by atoms with Crippen LogP contribution in [0, 0.1) is 5.92 Å². The molecular weight excluding hydrogens is 448 g/mol. The summed E-state index contributed by atoms with van der Waals surface area (Å²) in [7, 11) is 0. The molecule has 4 atom stereocenters. The van der Waals surface area contributed by atoms with Crippen LogP contribution in [-0.4, -0.2) is 70.6 Å². The van der Waals surface area contributed by atoms with Gasteiger partial charge >= 0.3 is 5.97 Å². The van der Waals surface area contributed by atoms with Crippen LogP contribution in [0.2, 0.25) is 0 Å². The van der Waals surface area contributed by atoms with E-state index in [0.717, 1.165) is 0 Å². The highest BCUT2D eigenvalue weighted by Gasteiger charge is 2.31. The number of phenolic OH excluding ortho intramolecular Hbond substituents is 1. The molecule has 1 aromatic carbocycles. The Morgan fingerprint density at radius 1 is 1.06 bits per heavy atom. The van der Waals surface area contributed by atoms with Crippen molar-refractivity contribution >= 4 is 35.5 Å². The third-order valence-electron chi connectivity index (χ3n) is 5.19. The fourth-order valence-electron chi connectivity index (χ4n) is 2.96. The summed E-state index contributed by atoms with van der Waals surface area (Å²) >= 11 is 1.56. The molecule has 0 bridgehead atoms. The van der Waals surface area contributed by atoms with Gasteiger partial charge < -0.3 is 31.9 Å². The van der Waals surface area contributed by atoms with E-state index in [2.05, 4.69) is 16.0 Å². The first-order chi connectivity index (χ1) is 15.6. The number of carboxylic acid groups (broad SMARTS) is 1. The number of carboxylic acids is 1. The van der Waals surface area contributed by atoms with E-state index in [1.165, 1.54) is 12.1 Å². The zero-order valence-corrected chi connectivity index (χ0v) is 20.0. The number of benzene rings is 1. The Kier molecular flexibility index (Phi) is 12.3. The zero-order chi connectivity index (χ0) is 25.0. The summed E-state index contributed by atoms with van der Waals surface area (Å²) in [6, 6.07) is 3.31. The average molecular weight is 483 g/mol. The van der Waals surface area contributed by atoms with Crippen LogP contribution in [0.4, 0.5) is 0 Å². The van der Waals surface area contributed by atoms with Gasteiger partial charge in [0, 0.05) is 6.42 Å². The number of amides is 3. The molecule has 0 spiro atoms. The van der Waals surface area contributed by atoms with Crippen LogP contribution >= 0.6 is 11.8 Å². The van der Waals surface area contributed by atoms with Crippen LogP contribution < -0.4 is 21.7 Å². The number of nitrogens with one attached hydrogen (secondary N) is 3. The first-order valence-corrected chi connectivity index (χ1v) is 12.1. The molecule has 10 nitrogen and oxygen atoms in total. The van der Waals surface area contributed by atoms with Gasteiger partial charge in [-0.1, -0.05) is 32.4 Å². The topological polar surface area (TPSA) is 171 Å². The van der Waals surface area contributed by atoms with Gasteiger partial charge in [0.1, 0.15) is 24.4 Å². The van der Waals surface area contributed by atoms with E-state index in [-0.39, 0.29) is 18.1 Å². The van der Waals surface area contributed by atoms with E-state index in [4.69, 9.17) is 10.8 Å². The van der Waals surface area contributed by atoms with E-state index in [1.54, 1.807) is 30.8 Å². The molecule has 0 heterocycles. The minimum atomic E-state index is -1.22. The minimum absolute atomic E-state index is 0.0482. The summed E-state index contributed by atoms with van der Waals surface area (Å²) in [5.41, 5.74) is 6.57. The molecule has 3 amide bonds. The van der Waals surface area contributed by atoms with Crippen LogP contribution in [0.3, 0.4) is 0 Å². The molecule has 0 aromatic heterocycles. The van der Waals surface area contributed by atoms with Crippen LogP contribution in [0.25, 0.3) is 0 Å². The average Bonchev–Trinajstić information content (AvgIpc) is 2.79. The van der Waals surface area contributed by atoms with Gasteiger partial charge in [0.25, 0.3) is 0 Å². The molecule has 11 heteroatoms. The molecule has 4 unspecified atom stereocenters. The Labute approximate surface area is 198 Å². The van der Waals surface area contributed by atoms with Crippen molar-refractivity contribution in [2.75, 3.05) is 18.6 Å². The lowest BCUT2D eigenvalue weighted by molar-refractivity contribution is -0.138. The van der Waals surface area contributed by atoms with Crippen molar-refractivity contribution in [3.05, 3.63) is 29.8 Å². The number of rotatable bonds is 14. The molecule has 184 valence electrons. The SMILES string of the molecule is CCC(C)C(NC(=O)C(N)CCSC)C(=O)NC(Cc1ccc(O)cc1)C(=O)NCC(=O)O. The molecule has 0 fully saturated rings. The molecule has 0 aliphatic carbocycles. The summed E-state index contributed by atoms with van der Waals surface area (Å²) in [5.74, 6) is -2.40. The summed E-state index contributed by atoms with van der Waals surface area (Å²) in [5, 5.41) is 25.9. The lowest BCUT2D eigenvalue weighted by Crippen LogP contribution is -2.58. The number of aromatic hydroxyl groups is 1. The second-order valence-corrected chi connectivity index (χ2v) is 8.79. The summed E-state index contributed by atoms with van der Waals surface area (Å²) in [6.45, 7) is 3.08. The Bertz CT molecular complexity index is 805. The van der Waals surface area contributed by atoms with E-state index in [9.17, 15) is 24.3 Å². The summed E-state index contributed by atoms with van der Waals surface area (Å²) < 4.78 is 0. The number of aliphatic carboxylic acids is 1. The van der Waals surface area contributed by atoms with Crippen LogP contribution in [-0.2, 0) is 25.6 Å². The Morgan fingerprint density at radius 2 is 1.70 bits per heavy atom. The molecule has 0 saturated heterocycles. The lowest BCUT2D eigenvalue weighted by atomic mass is 9.96. The van der Waals surface area contributed by atoms with Gasteiger partial charge in [-0.3, -0.25) is 19.2 Å². The Hall–Kier alpha value is -2.79. The maximum atomic E-state index is 13.1. The highest BCUT2D eigenvalue weighted by Crippen LogP contribution is 2.13. The second kappa shape index (κ2) is 14.4. The maximum Gasteiger partial charge on any atom is 0.322 e. The smallest absolute Gasteiger partial charge is 0.322 e. The number of phenols is 1. The van der Waals surface area contributed by atoms with Crippen molar-refractivity contribution in [2.24, 2.45) is 11.7 Å². The van der Waals surface area contributed by atoms with Gasteiger partial charge in [0.05, 0.1) is 6.04 Å². The summed E-state index contributed by atoms with van der Waals surface area (Å²) in [6.07, 6.45) is 3.02. The number of carbonyl (C=O) groups is 4. The molecule has 0 aliphatic heterocycles. The predicted octanol–water partition coefficient (Wildman–Crippen LogP) is 0.232. The van der Waals surface area contributed by atoms with Crippen LogP contribution in [0.15, 0.2) is 24.3 Å². The predicted molar refractivity (Wildman–Crippen MR) is 127 cm³/mol. The highest BCUT2D eigenvalue weighted by atomic mass is 32.2. The van der Waals surface area contributed by atoms with Crippen LogP contribution in [0.1, 0.15) is 32.3 Å². The standard InChI is InChI=1S/C22H34N4O6S/c1-4-13(2)19(26-20(30)16(23)9-10-33-3)22(32)25-17(21(31)24-12-18(28)29)11-14-5-7-15(27)8-6-14/h5-8,13,16-17,19,27H,4,9-12,23H2,1-3H3,(H,24,31)(H,25,32)(H,26,30)(H,28,29). The van der Waals surface area contributed by atoms with Crippen molar-refractivity contribution in [2.45, 2.75) is 51.2 Å². The van der Waals surface area contributed by atoms with Crippen LogP contribution in [0.5, 0.6) is 5.75 Å².